The molecule has 0 saturated carbocycles. The second kappa shape index (κ2) is 12.4. The van der Waals surface area contributed by atoms with Gasteiger partial charge in [0.25, 0.3) is 0 Å². The van der Waals surface area contributed by atoms with Crippen LogP contribution in [0.2, 0.25) is 0 Å². The number of anilines is 1. The maximum atomic E-state index is 14.0. The highest BCUT2D eigenvalue weighted by Gasteiger charge is 2.24. The first-order chi connectivity index (χ1) is 18.0. The number of nitrogens with two attached hydrogens (primary N) is 1. The Kier molecular flexibility index (Phi) is 9.30. The summed E-state index contributed by atoms with van der Waals surface area (Å²) in [7, 11) is 0. The van der Waals surface area contributed by atoms with Gasteiger partial charge in [-0.25, -0.2) is 18.9 Å². The van der Waals surface area contributed by atoms with Crippen molar-refractivity contribution < 1.29 is 13.9 Å². The van der Waals surface area contributed by atoms with Crippen molar-refractivity contribution in [2.45, 2.75) is 46.1 Å². The molecule has 0 aliphatic heterocycles. The van der Waals surface area contributed by atoms with Gasteiger partial charge in [0.15, 0.2) is 0 Å². The van der Waals surface area contributed by atoms with Gasteiger partial charge in [-0.1, -0.05) is 56.6 Å². The second-order valence-corrected chi connectivity index (χ2v) is 9.68. The van der Waals surface area contributed by atoms with Crippen molar-refractivity contribution in [3.05, 3.63) is 95.2 Å². The van der Waals surface area contributed by atoms with E-state index < -0.39 is 11.8 Å². The molecule has 3 aromatic rings. The highest BCUT2D eigenvalue weighted by molar-refractivity contribution is 6.29. The number of benzene rings is 2. The summed E-state index contributed by atoms with van der Waals surface area (Å²) in [5, 5.41) is 10.4. The molecule has 8 nitrogen and oxygen atoms in total. The van der Waals surface area contributed by atoms with E-state index in [1.165, 1.54) is 30.5 Å². The van der Waals surface area contributed by atoms with Crippen LogP contribution >= 0.6 is 11.6 Å². The van der Waals surface area contributed by atoms with Crippen molar-refractivity contribution in [2.75, 3.05) is 5.32 Å². The van der Waals surface area contributed by atoms with E-state index in [1.807, 2.05) is 37.3 Å². The van der Waals surface area contributed by atoms with Crippen molar-refractivity contribution in [1.29, 1.82) is 0 Å². The Labute approximate surface area is 227 Å². The van der Waals surface area contributed by atoms with E-state index in [0.29, 0.717) is 11.4 Å². The predicted molar refractivity (Wildman–Crippen MR) is 150 cm³/mol. The van der Waals surface area contributed by atoms with E-state index in [4.69, 9.17) is 27.2 Å². The van der Waals surface area contributed by atoms with E-state index in [0.717, 1.165) is 23.4 Å². The Morgan fingerprint density at radius 1 is 1.26 bits per heavy atom. The molecule has 0 unspecified atom stereocenters. The zero-order valence-electron chi connectivity index (χ0n) is 21.9. The maximum Gasteiger partial charge on any atom is 0.320 e. The summed E-state index contributed by atoms with van der Waals surface area (Å²) in [6.07, 6.45) is 3.47. The number of carbonyl (C=O) groups excluding carboxylic acids is 1. The molecule has 0 aliphatic rings. The second-order valence-electron chi connectivity index (χ2n) is 9.25. The van der Waals surface area contributed by atoms with Gasteiger partial charge < -0.3 is 15.8 Å². The number of rotatable bonds is 9. The van der Waals surface area contributed by atoms with E-state index in [1.54, 1.807) is 4.68 Å². The Hall–Kier alpha value is -4.11. The lowest BCUT2D eigenvalue weighted by molar-refractivity contribution is 0.251. The third-order valence-corrected chi connectivity index (χ3v) is 6.04. The molecule has 0 aliphatic carbocycles. The van der Waals surface area contributed by atoms with Gasteiger partial charge in [-0.15, -0.1) is 0 Å². The Balaban J connectivity index is 1.83. The molecule has 200 valence electrons. The number of aliphatic imine (C=N–C) groups is 1. The topological polar surface area (TPSA) is 107 Å². The summed E-state index contributed by atoms with van der Waals surface area (Å²) in [4.78, 5) is 16.9. The molecule has 0 atom stereocenters. The monoisotopic (exact) mass is 538 g/mol. The molecular formula is C28H32ClFN6O2. The minimum Gasteiger partial charge on any atom is -0.439 e. The normalized spacial score (nSPS) is 12.0. The van der Waals surface area contributed by atoms with Crippen molar-refractivity contribution in [1.82, 2.24) is 15.1 Å². The van der Waals surface area contributed by atoms with Crippen LogP contribution in [0.5, 0.6) is 5.75 Å². The third kappa shape index (κ3) is 7.45. The van der Waals surface area contributed by atoms with Crippen LogP contribution in [0.25, 0.3) is 5.69 Å². The summed E-state index contributed by atoms with van der Waals surface area (Å²) in [5.74, 6) is 0.325. The number of carbonyl (C=O) groups is 1. The summed E-state index contributed by atoms with van der Waals surface area (Å²) in [6.45, 7) is 11.8. The van der Waals surface area contributed by atoms with Crippen LogP contribution in [0.15, 0.2) is 77.5 Å². The van der Waals surface area contributed by atoms with Gasteiger partial charge in [-0.05, 0) is 49.9 Å². The number of hydrogen-bond acceptors (Lipinski definition) is 5. The number of ether oxygens (including phenoxy) is 1. The van der Waals surface area contributed by atoms with Crippen molar-refractivity contribution in [2.24, 2.45) is 10.7 Å². The molecule has 0 spiro atoms. The van der Waals surface area contributed by atoms with Gasteiger partial charge in [0.2, 0.25) is 5.90 Å². The molecule has 2 amide bonds. The summed E-state index contributed by atoms with van der Waals surface area (Å²) in [5.41, 5.74) is 8.39. The van der Waals surface area contributed by atoms with Gasteiger partial charge in [0, 0.05) is 29.7 Å². The first kappa shape index (κ1) is 28.5. The van der Waals surface area contributed by atoms with Crippen LogP contribution in [0, 0.1) is 12.7 Å². The fourth-order valence-corrected chi connectivity index (χ4v) is 3.48. The summed E-state index contributed by atoms with van der Waals surface area (Å²) >= 11 is 5.75. The van der Waals surface area contributed by atoms with Crippen molar-refractivity contribution in [3.8, 4) is 11.4 Å². The molecule has 2 aromatic carbocycles. The largest absolute Gasteiger partial charge is 0.439 e. The van der Waals surface area contributed by atoms with E-state index >= 15 is 0 Å². The first-order valence-electron chi connectivity index (χ1n) is 12.0. The number of urea groups is 1. The fourth-order valence-electron chi connectivity index (χ4n) is 3.40. The molecule has 0 bridgehead atoms. The maximum absolute atomic E-state index is 14.0. The third-order valence-electron chi connectivity index (χ3n) is 5.95. The van der Waals surface area contributed by atoms with E-state index in [9.17, 15) is 9.18 Å². The van der Waals surface area contributed by atoms with Gasteiger partial charge in [0.05, 0.1) is 11.4 Å². The molecular weight excluding hydrogens is 507 g/mol. The smallest absolute Gasteiger partial charge is 0.320 e. The Bertz CT molecular complexity index is 1360. The average molecular weight is 539 g/mol. The van der Waals surface area contributed by atoms with Crippen LogP contribution in [-0.2, 0) is 12.0 Å². The SMILES string of the molecule is C=C(Cl)/N=C(\C=C/N)Oc1ccc(F)cc1CNC(=O)Nc1cc(C(C)(C)CC)nn1-c1ccc(C)cc1. The summed E-state index contributed by atoms with van der Waals surface area (Å²) in [6, 6.07) is 13.1. The Morgan fingerprint density at radius 2 is 1.97 bits per heavy atom. The number of aromatic nitrogens is 2. The van der Waals surface area contributed by atoms with Crippen molar-refractivity contribution >= 4 is 29.3 Å². The van der Waals surface area contributed by atoms with E-state index in [2.05, 4.69) is 43.0 Å². The highest BCUT2D eigenvalue weighted by atomic mass is 35.5. The fraction of sp³-hybridized carbons (Fsp3) is 0.250. The molecule has 10 heteroatoms. The number of aryl methyl sites for hydroxylation is 1. The number of nitrogens with zero attached hydrogens (tertiary/aromatic N) is 3. The van der Waals surface area contributed by atoms with Gasteiger partial charge in [0.1, 0.15) is 22.5 Å². The average Bonchev–Trinajstić information content (AvgIpc) is 3.29. The lowest BCUT2D eigenvalue weighted by Crippen LogP contribution is -2.29. The van der Waals surface area contributed by atoms with Crippen LogP contribution in [0.1, 0.15) is 44.0 Å². The highest BCUT2D eigenvalue weighted by Crippen LogP contribution is 2.29. The minimum atomic E-state index is -0.501. The van der Waals surface area contributed by atoms with Crippen molar-refractivity contribution in [3.63, 3.8) is 0 Å². The summed E-state index contributed by atoms with van der Waals surface area (Å²) < 4.78 is 21.5. The lowest BCUT2D eigenvalue weighted by Gasteiger charge is -2.19. The molecule has 0 radical (unpaired) electrons. The van der Waals surface area contributed by atoms with Crippen LogP contribution in [0.4, 0.5) is 15.0 Å². The predicted octanol–water partition coefficient (Wildman–Crippen LogP) is 6.29. The zero-order chi connectivity index (χ0) is 27.9. The quantitative estimate of drug-likeness (QED) is 0.169. The Morgan fingerprint density at radius 3 is 2.61 bits per heavy atom. The molecule has 4 N–H and O–H groups in total. The van der Waals surface area contributed by atoms with E-state index in [-0.39, 0.29) is 28.8 Å². The zero-order valence-corrected chi connectivity index (χ0v) is 22.6. The molecule has 1 heterocycles. The molecule has 3 rings (SSSR count). The lowest BCUT2D eigenvalue weighted by atomic mass is 9.87. The minimum absolute atomic E-state index is 0.0185. The number of halogens is 2. The van der Waals surface area contributed by atoms with Gasteiger partial charge >= 0.3 is 6.03 Å². The van der Waals surface area contributed by atoms with Crippen LogP contribution in [-0.4, -0.2) is 21.7 Å². The molecule has 1 aromatic heterocycles. The van der Waals surface area contributed by atoms with Gasteiger partial charge in [-0.2, -0.15) is 5.10 Å². The van der Waals surface area contributed by atoms with Crippen LogP contribution < -0.4 is 21.1 Å². The number of nitrogens with one attached hydrogen (secondary N) is 2. The van der Waals surface area contributed by atoms with Gasteiger partial charge in [-0.3, -0.25) is 5.32 Å². The number of amides is 2. The number of hydrogen-bond donors (Lipinski definition) is 3. The first-order valence-corrected chi connectivity index (χ1v) is 12.4. The van der Waals surface area contributed by atoms with Crippen LogP contribution in [0.3, 0.4) is 0 Å². The molecule has 38 heavy (non-hydrogen) atoms. The molecule has 0 fully saturated rings. The molecule has 0 saturated heterocycles. The standard InChI is InChI=1S/C28H32ClFN6O2/c1-6-28(4,5)24-16-25(36(35-24)22-10-7-18(2)8-11-22)34-27(37)32-17-20-15-21(30)9-12-23(20)38-26(13-14-31)33-19(3)29/h7-16H,3,6,17,31H2,1-2,4-5H3,(H2,32,34,37)/b14-13-,33-26+.